The molecule has 0 aromatic heterocycles. The lowest BCUT2D eigenvalue weighted by molar-refractivity contribution is -0.0945. The molecule has 3 rings (SSSR count). The van der Waals surface area contributed by atoms with Crippen molar-refractivity contribution in [3.05, 3.63) is 35.9 Å². The van der Waals surface area contributed by atoms with E-state index in [4.69, 9.17) is 9.73 Å². The maximum Gasteiger partial charge on any atom is 0.191 e. The Morgan fingerprint density at radius 1 is 1.20 bits per heavy atom. The molecular weight excluding hydrogens is 312 g/mol. The van der Waals surface area contributed by atoms with Crippen LogP contribution in [0.15, 0.2) is 35.3 Å². The van der Waals surface area contributed by atoms with Crippen molar-refractivity contribution in [2.24, 2.45) is 10.4 Å². The SMILES string of the molecule is CCNC(=NCC1(C)COC1)NCC(c1ccccc1)N1CCCC1. The van der Waals surface area contributed by atoms with E-state index in [1.165, 1.54) is 31.5 Å². The molecule has 2 aliphatic rings. The van der Waals surface area contributed by atoms with Crippen LogP contribution in [-0.4, -0.2) is 56.8 Å². The molecular formula is C20H32N4O. The monoisotopic (exact) mass is 344 g/mol. The number of guanidine groups is 1. The first-order valence-electron chi connectivity index (χ1n) is 9.59. The Kier molecular flexibility index (Phi) is 6.32. The fourth-order valence-electron chi connectivity index (χ4n) is 3.53. The highest BCUT2D eigenvalue weighted by Gasteiger charge is 2.33. The van der Waals surface area contributed by atoms with E-state index in [1.807, 2.05) is 0 Å². The summed E-state index contributed by atoms with van der Waals surface area (Å²) in [7, 11) is 0. The van der Waals surface area contributed by atoms with E-state index in [0.717, 1.165) is 38.8 Å². The van der Waals surface area contributed by atoms with Crippen molar-refractivity contribution in [3.63, 3.8) is 0 Å². The van der Waals surface area contributed by atoms with Crippen LogP contribution in [0.2, 0.25) is 0 Å². The molecule has 2 N–H and O–H groups in total. The maximum atomic E-state index is 5.34. The van der Waals surface area contributed by atoms with Gasteiger partial charge in [0.15, 0.2) is 5.96 Å². The zero-order chi connectivity index (χ0) is 17.5. The second-order valence-corrected chi connectivity index (χ2v) is 7.55. The van der Waals surface area contributed by atoms with Crippen molar-refractivity contribution in [1.82, 2.24) is 15.5 Å². The molecule has 0 spiro atoms. The van der Waals surface area contributed by atoms with Crippen LogP contribution in [0.4, 0.5) is 0 Å². The van der Waals surface area contributed by atoms with E-state index >= 15 is 0 Å². The molecule has 138 valence electrons. The molecule has 0 radical (unpaired) electrons. The lowest BCUT2D eigenvalue weighted by Gasteiger charge is -2.36. The van der Waals surface area contributed by atoms with Gasteiger partial charge in [0.25, 0.3) is 0 Å². The molecule has 2 heterocycles. The Morgan fingerprint density at radius 2 is 1.92 bits per heavy atom. The van der Waals surface area contributed by atoms with E-state index in [1.54, 1.807) is 0 Å². The van der Waals surface area contributed by atoms with Gasteiger partial charge in [0.05, 0.1) is 25.8 Å². The predicted molar refractivity (Wildman–Crippen MR) is 103 cm³/mol. The van der Waals surface area contributed by atoms with Gasteiger partial charge in [-0.3, -0.25) is 9.89 Å². The van der Waals surface area contributed by atoms with Crippen LogP contribution >= 0.6 is 0 Å². The number of ether oxygens (including phenoxy) is 1. The fourth-order valence-corrected chi connectivity index (χ4v) is 3.53. The van der Waals surface area contributed by atoms with Gasteiger partial charge in [0.2, 0.25) is 0 Å². The minimum absolute atomic E-state index is 0.204. The van der Waals surface area contributed by atoms with Gasteiger partial charge in [-0.15, -0.1) is 0 Å². The van der Waals surface area contributed by atoms with Crippen molar-refractivity contribution in [3.8, 4) is 0 Å². The van der Waals surface area contributed by atoms with Gasteiger partial charge in [-0.2, -0.15) is 0 Å². The van der Waals surface area contributed by atoms with E-state index in [2.05, 4.69) is 59.7 Å². The minimum atomic E-state index is 0.204. The summed E-state index contributed by atoms with van der Waals surface area (Å²) in [5, 5.41) is 6.95. The number of nitrogens with one attached hydrogen (secondary N) is 2. The standard InChI is InChI=1S/C20H32N4O/c1-3-21-19(23-14-20(2)15-25-16-20)22-13-18(24-11-7-8-12-24)17-9-5-4-6-10-17/h4-6,9-10,18H,3,7-8,11-16H2,1-2H3,(H2,21,22,23). The average Bonchev–Trinajstić information content (AvgIpc) is 3.13. The van der Waals surface area contributed by atoms with E-state index in [-0.39, 0.29) is 5.41 Å². The molecule has 1 aromatic rings. The van der Waals surface area contributed by atoms with Crippen LogP contribution in [0.5, 0.6) is 0 Å². The van der Waals surface area contributed by atoms with E-state index in [9.17, 15) is 0 Å². The van der Waals surface area contributed by atoms with Gasteiger partial charge in [-0.1, -0.05) is 37.3 Å². The Labute approximate surface area is 151 Å². The van der Waals surface area contributed by atoms with E-state index < -0.39 is 0 Å². The van der Waals surface area contributed by atoms with E-state index in [0.29, 0.717) is 6.04 Å². The summed E-state index contributed by atoms with van der Waals surface area (Å²) in [6.07, 6.45) is 2.60. The normalized spacial score (nSPS) is 21.6. The van der Waals surface area contributed by atoms with Gasteiger partial charge in [0.1, 0.15) is 0 Å². The summed E-state index contributed by atoms with van der Waals surface area (Å²) in [4.78, 5) is 7.39. The number of hydrogen-bond donors (Lipinski definition) is 2. The van der Waals surface area contributed by atoms with Crippen molar-refractivity contribution < 1.29 is 4.74 Å². The highest BCUT2D eigenvalue weighted by atomic mass is 16.5. The smallest absolute Gasteiger partial charge is 0.191 e. The molecule has 2 fully saturated rings. The minimum Gasteiger partial charge on any atom is -0.380 e. The lowest BCUT2D eigenvalue weighted by Crippen LogP contribution is -2.46. The van der Waals surface area contributed by atoms with Crippen molar-refractivity contribution in [1.29, 1.82) is 0 Å². The molecule has 0 aliphatic carbocycles. The summed E-state index contributed by atoms with van der Waals surface area (Å²) in [5.74, 6) is 0.913. The van der Waals surface area contributed by atoms with Crippen molar-refractivity contribution in [2.75, 3.05) is 45.9 Å². The summed E-state index contributed by atoms with van der Waals surface area (Å²) in [5.41, 5.74) is 1.59. The third kappa shape index (κ3) is 4.95. The first kappa shape index (κ1) is 18.2. The molecule has 1 aromatic carbocycles. The summed E-state index contributed by atoms with van der Waals surface area (Å²) >= 11 is 0. The van der Waals surface area contributed by atoms with Gasteiger partial charge in [0, 0.05) is 18.5 Å². The van der Waals surface area contributed by atoms with Gasteiger partial charge < -0.3 is 15.4 Å². The van der Waals surface area contributed by atoms with Crippen LogP contribution in [0.1, 0.15) is 38.3 Å². The molecule has 5 heteroatoms. The fraction of sp³-hybridized carbons (Fsp3) is 0.650. The van der Waals surface area contributed by atoms with Gasteiger partial charge in [-0.05, 0) is 38.4 Å². The highest BCUT2D eigenvalue weighted by Crippen LogP contribution is 2.27. The van der Waals surface area contributed by atoms with Crippen LogP contribution < -0.4 is 10.6 Å². The zero-order valence-corrected chi connectivity index (χ0v) is 15.6. The van der Waals surface area contributed by atoms with Crippen LogP contribution in [0, 0.1) is 5.41 Å². The van der Waals surface area contributed by atoms with Gasteiger partial charge >= 0.3 is 0 Å². The number of rotatable bonds is 7. The molecule has 1 atom stereocenters. The first-order chi connectivity index (χ1) is 12.2. The number of benzene rings is 1. The second kappa shape index (κ2) is 8.68. The number of nitrogens with zero attached hydrogens (tertiary/aromatic N) is 2. The van der Waals surface area contributed by atoms with Crippen LogP contribution in [0.3, 0.4) is 0 Å². The second-order valence-electron chi connectivity index (χ2n) is 7.55. The third-order valence-corrected chi connectivity index (χ3v) is 5.09. The number of aliphatic imine (C=N–C) groups is 1. The molecule has 2 aliphatic heterocycles. The number of likely N-dealkylation sites (tertiary alicyclic amines) is 1. The predicted octanol–water partition coefficient (Wildman–Crippen LogP) is 2.42. The summed E-state index contributed by atoms with van der Waals surface area (Å²) in [6, 6.07) is 11.2. The topological polar surface area (TPSA) is 48.9 Å². The third-order valence-electron chi connectivity index (χ3n) is 5.09. The van der Waals surface area contributed by atoms with Gasteiger partial charge in [-0.25, -0.2) is 0 Å². The molecule has 25 heavy (non-hydrogen) atoms. The summed E-state index contributed by atoms with van der Waals surface area (Å²) < 4.78 is 5.34. The van der Waals surface area contributed by atoms with Crippen molar-refractivity contribution >= 4 is 5.96 Å². The Morgan fingerprint density at radius 3 is 2.52 bits per heavy atom. The summed E-state index contributed by atoms with van der Waals surface area (Å²) in [6.45, 7) is 10.9. The Bertz CT molecular complexity index is 550. The number of hydrogen-bond acceptors (Lipinski definition) is 3. The maximum absolute atomic E-state index is 5.34. The molecule has 0 amide bonds. The molecule has 0 saturated carbocycles. The molecule has 2 saturated heterocycles. The first-order valence-corrected chi connectivity index (χ1v) is 9.59. The largest absolute Gasteiger partial charge is 0.380 e. The van der Waals surface area contributed by atoms with Crippen LogP contribution in [-0.2, 0) is 4.74 Å². The highest BCUT2D eigenvalue weighted by molar-refractivity contribution is 5.79. The van der Waals surface area contributed by atoms with Crippen molar-refractivity contribution in [2.45, 2.75) is 32.7 Å². The molecule has 1 unspecified atom stereocenters. The zero-order valence-electron chi connectivity index (χ0n) is 15.6. The molecule has 0 bridgehead atoms. The average molecular weight is 345 g/mol. The quantitative estimate of drug-likeness (QED) is 0.589. The molecule has 5 nitrogen and oxygen atoms in total. The Hall–Kier alpha value is -1.59. The lowest BCUT2D eigenvalue weighted by atomic mass is 9.89. The Balaban J connectivity index is 1.64. The van der Waals surface area contributed by atoms with Crippen LogP contribution in [0.25, 0.3) is 0 Å².